The molecule has 0 saturated carbocycles. The third-order valence-corrected chi connectivity index (χ3v) is 3.74. The highest BCUT2D eigenvalue weighted by Crippen LogP contribution is 2.25. The monoisotopic (exact) mass is 337 g/mol. The molecule has 2 aromatic carbocycles. The van der Waals surface area contributed by atoms with Gasteiger partial charge in [-0.1, -0.05) is 29.8 Å². The standard InChI is InChI=1S/C18H19N5O2/c1-12-8-9-15(13(2)10-12)19-17(24)11-23-21-18(20-22-23)14-6-4-5-7-16(14)25-3/h4-10H,11H2,1-3H3,(H,19,24). The van der Waals surface area contributed by atoms with Crippen molar-refractivity contribution in [3.8, 4) is 17.1 Å². The van der Waals surface area contributed by atoms with Gasteiger partial charge in [-0.2, -0.15) is 4.80 Å². The van der Waals surface area contributed by atoms with E-state index >= 15 is 0 Å². The molecule has 0 fully saturated rings. The first-order chi connectivity index (χ1) is 12.1. The summed E-state index contributed by atoms with van der Waals surface area (Å²) in [6.45, 7) is 3.95. The second-order valence-corrected chi connectivity index (χ2v) is 5.71. The fraction of sp³-hybridized carbons (Fsp3) is 0.222. The number of benzene rings is 2. The van der Waals surface area contributed by atoms with Crippen molar-refractivity contribution in [3.05, 3.63) is 53.6 Å². The molecule has 1 aromatic heterocycles. The quantitative estimate of drug-likeness (QED) is 0.774. The average molecular weight is 337 g/mol. The van der Waals surface area contributed by atoms with Crippen LogP contribution in [0.5, 0.6) is 5.75 Å². The fourth-order valence-corrected chi connectivity index (χ4v) is 2.52. The lowest BCUT2D eigenvalue weighted by Crippen LogP contribution is -2.21. The van der Waals surface area contributed by atoms with E-state index in [9.17, 15) is 4.79 Å². The lowest BCUT2D eigenvalue weighted by molar-refractivity contribution is -0.117. The first kappa shape index (κ1) is 16.6. The van der Waals surface area contributed by atoms with Crippen LogP contribution in [0.2, 0.25) is 0 Å². The van der Waals surface area contributed by atoms with Crippen LogP contribution in [0.15, 0.2) is 42.5 Å². The Morgan fingerprint density at radius 3 is 2.76 bits per heavy atom. The highest BCUT2D eigenvalue weighted by atomic mass is 16.5. The van der Waals surface area contributed by atoms with Crippen molar-refractivity contribution >= 4 is 11.6 Å². The fourth-order valence-electron chi connectivity index (χ4n) is 2.52. The molecule has 0 atom stereocenters. The number of ether oxygens (including phenoxy) is 1. The highest BCUT2D eigenvalue weighted by Gasteiger charge is 2.13. The van der Waals surface area contributed by atoms with Gasteiger partial charge in [-0.05, 0) is 42.8 Å². The number of carbonyl (C=O) groups is 1. The number of hydrogen-bond acceptors (Lipinski definition) is 5. The molecule has 0 aliphatic heterocycles. The first-order valence-corrected chi connectivity index (χ1v) is 7.85. The molecule has 0 saturated heterocycles. The van der Waals surface area contributed by atoms with Crippen LogP contribution < -0.4 is 10.1 Å². The smallest absolute Gasteiger partial charge is 0.248 e. The van der Waals surface area contributed by atoms with Crippen LogP contribution in [0.4, 0.5) is 5.69 Å². The zero-order valence-electron chi connectivity index (χ0n) is 14.4. The molecule has 1 heterocycles. The van der Waals surface area contributed by atoms with E-state index in [1.54, 1.807) is 7.11 Å². The van der Waals surface area contributed by atoms with E-state index in [-0.39, 0.29) is 12.5 Å². The van der Waals surface area contributed by atoms with Gasteiger partial charge < -0.3 is 10.1 Å². The molecule has 25 heavy (non-hydrogen) atoms. The predicted molar refractivity (Wildman–Crippen MR) is 94.4 cm³/mol. The summed E-state index contributed by atoms with van der Waals surface area (Å²) >= 11 is 0. The Balaban J connectivity index is 1.72. The number of nitrogens with one attached hydrogen (secondary N) is 1. The Labute approximate surface area is 145 Å². The number of nitrogens with zero attached hydrogens (tertiary/aromatic N) is 4. The van der Waals surface area contributed by atoms with Gasteiger partial charge in [0.2, 0.25) is 11.7 Å². The minimum atomic E-state index is -0.212. The number of aromatic nitrogens is 4. The summed E-state index contributed by atoms with van der Waals surface area (Å²) in [6.07, 6.45) is 0. The Kier molecular flexibility index (Phi) is 4.74. The summed E-state index contributed by atoms with van der Waals surface area (Å²) in [5, 5.41) is 15.1. The second-order valence-electron chi connectivity index (χ2n) is 5.71. The third-order valence-electron chi connectivity index (χ3n) is 3.74. The van der Waals surface area contributed by atoms with E-state index in [0.717, 1.165) is 22.4 Å². The number of amides is 1. The molecule has 0 radical (unpaired) electrons. The Morgan fingerprint density at radius 2 is 2.00 bits per heavy atom. The summed E-state index contributed by atoms with van der Waals surface area (Å²) < 4.78 is 5.30. The number of para-hydroxylation sites is 1. The molecule has 0 unspecified atom stereocenters. The molecule has 0 aliphatic rings. The first-order valence-electron chi connectivity index (χ1n) is 7.85. The van der Waals surface area contributed by atoms with Crippen molar-refractivity contribution in [1.82, 2.24) is 20.2 Å². The Morgan fingerprint density at radius 1 is 1.20 bits per heavy atom. The van der Waals surface area contributed by atoms with Crippen molar-refractivity contribution in [3.63, 3.8) is 0 Å². The van der Waals surface area contributed by atoms with Gasteiger partial charge in [-0.15, -0.1) is 10.2 Å². The zero-order chi connectivity index (χ0) is 17.8. The second kappa shape index (κ2) is 7.12. The maximum atomic E-state index is 12.2. The van der Waals surface area contributed by atoms with Gasteiger partial charge in [-0.25, -0.2) is 0 Å². The molecule has 1 N–H and O–H groups in total. The van der Waals surface area contributed by atoms with E-state index in [0.29, 0.717) is 11.6 Å². The van der Waals surface area contributed by atoms with Crippen LogP contribution in [0.1, 0.15) is 11.1 Å². The molecule has 0 aliphatic carbocycles. The van der Waals surface area contributed by atoms with Crippen molar-refractivity contribution in [2.75, 3.05) is 12.4 Å². The van der Waals surface area contributed by atoms with Crippen LogP contribution in [0.3, 0.4) is 0 Å². The number of methoxy groups -OCH3 is 1. The van der Waals surface area contributed by atoms with E-state index in [1.807, 2.05) is 56.3 Å². The zero-order valence-corrected chi connectivity index (χ0v) is 14.4. The number of tetrazole rings is 1. The summed E-state index contributed by atoms with van der Waals surface area (Å²) in [5.41, 5.74) is 3.66. The topological polar surface area (TPSA) is 81.9 Å². The lowest BCUT2D eigenvalue weighted by atomic mass is 10.1. The minimum absolute atomic E-state index is 0.0184. The molecule has 0 bridgehead atoms. The van der Waals surface area contributed by atoms with Crippen molar-refractivity contribution in [2.45, 2.75) is 20.4 Å². The van der Waals surface area contributed by atoms with E-state index in [2.05, 4.69) is 20.7 Å². The maximum Gasteiger partial charge on any atom is 0.248 e. The lowest BCUT2D eigenvalue weighted by Gasteiger charge is -2.08. The van der Waals surface area contributed by atoms with Crippen LogP contribution in [-0.4, -0.2) is 33.2 Å². The molecular weight excluding hydrogens is 318 g/mol. The van der Waals surface area contributed by atoms with Crippen molar-refractivity contribution < 1.29 is 9.53 Å². The largest absolute Gasteiger partial charge is 0.496 e. The molecule has 0 spiro atoms. The predicted octanol–water partition coefficient (Wildman–Crippen LogP) is 2.60. The molecule has 3 rings (SSSR count). The number of carbonyl (C=O) groups excluding carboxylic acids is 1. The van der Waals surface area contributed by atoms with Gasteiger partial charge in [0.25, 0.3) is 0 Å². The van der Waals surface area contributed by atoms with Gasteiger partial charge in [0, 0.05) is 5.69 Å². The molecule has 128 valence electrons. The summed E-state index contributed by atoms with van der Waals surface area (Å²) in [6, 6.07) is 13.3. The SMILES string of the molecule is COc1ccccc1-c1nnn(CC(=O)Nc2ccc(C)cc2C)n1. The maximum absolute atomic E-state index is 12.2. The number of anilines is 1. The van der Waals surface area contributed by atoms with Gasteiger partial charge in [0.05, 0.1) is 12.7 Å². The normalized spacial score (nSPS) is 10.5. The highest BCUT2D eigenvalue weighted by molar-refractivity contribution is 5.91. The van der Waals surface area contributed by atoms with E-state index in [4.69, 9.17) is 4.74 Å². The summed E-state index contributed by atoms with van der Waals surface area (Å²) in [5.74, 6) is 0.856. The summed E-state index contributed by atoms with van der Waals surface area (Å²) in [7, 11) is 1.58. The van der Waals surface area contributed by atoms with Crippen LogP contribution in [-0.2, 0) is 11.3 Å². The van der Waals surface area contributed by atoms with Crippen molar-refractivity contribution in [1.29, 1.82) is 0 Å². The minimum Gasteiger partial charge on any atom is -0.496 e. The van der Waals surface area contributed by atoms with E-state index < -0.39 is 0 Å². The van der Waals surface area contributed by atoms with Gasteiger partial charge in [0.1, 0.15) is 12.3 Å². The average Bonchev–Trinajstić information content (AvgIpc) is 3.05. The molecule has 3 aromatic rings. The Bertz CT molecular complexity index is 904. The van der Waals surface area contributed by atoms with Gasteiger partial charge >= 0.3 is 0 Å². The van der Waals surface area contributed by atoms with Crippen LogP contribution in [0, 0.1) is 13.8 Å². The molecule has 7 nitrogen and oxygen atoms in total. The molecule has 7 heteroatoms. The molecular formula is C18H19N5O2. The number of rotatable bonds is 5. The third kappa shape index (κ3) is 3.82. The summed E-state index contributed by atoms with van der Waals surface area (Å²) in [4.78, 5) is 13.5. The van der Waals surface area contributed by atoms with Crippen molar-refractivity contribution in [2.24, 2.45) is 0 Å². The van der Waals surface area contributed by atoms with Gasteiger partial charge in [0.15, 0.2) is 0 Å². The van der Waals surface area contributed by atoms with Crippen LogP contribution >= 0.6 is 0 Å². The Hall–Kier alpha value is -3.22. The van der Waals surface area contributed by atoms with E-state index in [1.165, 1.54) is 4.80 Å². The molecule has 1 amide bonds. The number of aryl methyl sites for hydroxylation is 2. The van der Waals surface area contributed by atoms with Gasteiger partial charge in [-0.3, -0.25) is 4.79 Å². The van der Waals surface area contributed by atoms with Crippen LogP contribution in [0.25, 0.3) is 11.4 Å². The number of hydrogen-bond donors (Lipinski definition) is 1.